The van der Waals surface area contributed by atoms with Gasteiger partial charge in [-0.2, -0.15) is 0 Å². The molecular formula is C21H25FN4O2. The molecule has 1 aromatic heterocycles. The van der Waals surface area contributed by atoms with Gasteiger partial charge in [0.1, 0.15) is 23.2 Å². The Balaban J connectivity index is 1.77. The Morgan fingerprint density at radius 3 is 3.04 bits per heavy atom. The van der Waals surface area contributed by atoms with Crippen LogP contribution in [0.5, 0.6) is 5.75 Å². The fourth-order valence-electron chi connectivity index (χ4n) is 3.86. The number of rotatable bonds is 4. The molecule has 0 saturated heterocycles. The number of nitrogens with zero attached hydrogens (tertiary/aromatic N) is 2. The Labute approximate surface area is 163 Å². The molecule has 6 nitrogen and oxygen atoms in total. The van der Waals surface area contributed by atoms with Crippen molar-refractivity contribution in [1.29, 1.82) is 0 Å². The van der Waals surface area contributed by atoms with Crippen LogP contribution in [0.4, 0.5) is 10.2 Å². The van der Waals surface area contributed by atoms with Gasteiger partial charge in [-0.1, -0.05) is 6.08 Å². The lowest BCUT2D eigenvalue weighted by Gasteiger charge is -2.17. The molecule has 0 aliphatic carbocycles. The number of benzene rings is 1. The molecule has 3 heterocycles. The summed E-state index contributed by atoms with van der Waals surface area (Å²) < 4.78 is 21.4. The molecule has 1 atom stereocenters. The van der Waals surface area contributed by atoms with Gasteiger partial charge in [0.2, 0.25) is 0 Å². The Bertz CT molecular complexity index is 929. The van der Waals surface area contributed by atoms with Gasteiger partial charge in [0.15, 0.2) is 0 Å². The molecule has 0 amide bonds. The van der Waals surface area contributed by atoms with E-state index < -0.39 is 6.10 Å². The molecule has 0 bridgehead atoms. The Kier molecular flexibility index (Phi) is 5.28. The highest BCUT2D eigenvalue weighted by Crippen LogP contribution is 2.40. The fraction of sp³-hybridized carbons (Fsp3) is 0.429. The Morgan fingerprint density at radius 1 is 1.36 bits per heavy atom. The van der Waals surface area contributed by atoms with Crippen molar-refractivity contribution in [2.45, 2.75) is 32.3 Å². The zero-order valence-corrected chi connectivity index (χ0v) is 16.2. The van der Waals surface area contributed by atoms with Crippen molar-refractivity contribution in [1.82, 2.24) is 15.3 Å². The summed E-state index contributed by atoms with van der Waals surface area (Å²) in [6, 6.07) is 3.73. The van der Waals surface area contributed by atoms with Gasteiger partial charge in [-0.25, -0.2) is 14.4 Å². The van der Waals surface area contributed by atoms with E-state index in [2.05, 4.69) is 20.6 Å². The van der Waals surface area contributed by atoms with Crippen molar-refractivity contribution < 1.29 is 14.2 Å². The van der Waals surface area contributed by atoms with Crippen LogP contribution in [0.1, 0.15) is 34.6 Å². The van der Waals surface area contributed by atoms with E-state index in [-0.39, 0.29) is 5.82 Å². The second kappa shape index (κ2) is 7.85. The molecule has 3 N–H and O–H groups in total. The number of aryl methyl sites for hydroxylation is 1. The summed E-state index contributed by atoms with van der Waals surface area (Å²) in [5, 5.41) is 16.3. The van der Waals surface area contributed by atoms with E-state index >= 15 is 4.39 Å². The van der Waals surface area contributed by atoms with Crippen LogP contribution < -0.4 is 15.4 Å². The summed E-state index contributed by atoms with van der Waals surface area (Å²) in [6.45, 7) is 3.53. The van der Waals surface area contributed by atoms with E-state index in [4.69, 9.17) is 4.74 Å². The number of aromatic nitrogens is 2. The molecule has 2 aliphatic rings. The molecule has 2 aromatic rings. The largest absolute Gasteiger partial charge is 0.492 e. The average molecular weight is 384 g/mol. The SMILES string of the molecule is CNc1cc(C)nc(Cc2cc3c(c(C4=CCNCC(O)C4)c2F)OCC3)n1. The zero-order valence-electron chi connectivity index (χ0n) is 16.2. The van der Waals surface area contributed by atoms with Crippen molar-refractivity contribution in [3.8, 4) is 5.75 Å². The summed E-state index contributed by atoms with van der Waals surface area (Å²) >= 11 is 0. The minimum Gasteiger partial charge on any atom is -0.492 e. The van der Waals surface area contributed by atoms with Crippen molar-refractivity contribution >= 4 is 11.4 Å². The first-order chi connectivity index (χ1) is 13.5. The molecule has 2 aliphatic heterocycles. The van der Waals surface area contributed by atoms with Gasteiger partial charge in [-0.05, 0) is 29.7 Å². The fourth-order valence-corrected chi connectivity index (χ4v) is 3.86. The number of ether oxygens (including phenoxy) is 1. The second-order valence-corrected chi connectivity index (χ2v) is 7.29. The topological polar surface area (TPSA) is 79.3 Å². The normalized spacial score (nSPS) is 18.9. The summed E-state index contributed by atoms with van der Waals surface area (Å²) in [4.78, 5) is 8.93. The van der Waals surface area contributed by atoms with Crippen LogP contribution in [0.2, 0.25) is 0 Å². The van der Waals surface area contributed by atoms with Gasteiger partial charge >= 0.3 is 0 Å². The smallest absolute Gasteiger partial charge is 0.138 e. The number of hydrogen-bond donors (Lipinski definition) is 3. The predicted octanol–water partition coefficient (Wildman–Crippen LogP) is 2.23. The number of aliphatic hydroxyl groups excluding tert-OH is 1. The third-order valence-electron chi connectivity index (χ3n) is 5.14. The van der Waals surface area contributed by atoms with Gasteiger partial charge in [0, 0.05) is 51.2 Å². The molecular weight excluding hydrogens is 359 g/mol. The van der Waals surface area contributed by atoms with Gasteiger partial charge in [0.05, 0.1) is 18.3 Å². The van der Waals surface area contributed by atoms with Crippen molar-refractivity contribution in [3.05, 3.63) is 52.2 Å². The monoisotopic (exact) mass is 384 g/mol. The minimum atomic E-state index is -0.549. The van der Waals surface area contributed by atoms with Crippen molar-refractivity contribution in [2.24, 2.45) is 0 Å². The van der Waals surface area contributed by atoms with E-state index in [0.717, 1.165) is 23.3 Å². The van der Waals surface area contributed by atoms with Gasteiger partial charge in [0.25, 0.3) is 0 Å². The summed E-state index contributed by atoms with van der Waals surface area (Å²) in [7, 11) is 1.80. The van der Waals surface area contributed by atoms with Gasteiger partial charge in [-0.15, -0.1) is 0 Å². The van der Waals surface area contributed by atoms with Crippen LogP contribution in [0.15, 0.2) is 18.2 Å². The highest BCUT2D eigenvalue weighted by atomic mass is 19.1. The van der Waals surface area contributed by atoms with Crippen LogP contribution in [0.25, 0.3) is 5.57 Å². The lowest BCUT2D eigenvalue weighted by Crippen LogP contribution is -2.24. The maximum Gasteiger partial charge on any atom is 0.138 e. The van der Waals surface area contributed by atoms with E-state index in [0.29, 0.717) is 61.1 Å². The standard InChI is InChI=1S/C21H25FN4O2/c1-12-7-17(23-2)26-18(25-12)10-15-8-14-4-6-28-21(14)19(20(15)22)13-3-5-24-11-16(27)9-13/h3,7-8,16,24,27H,4-6,9-11H2,1-2H3,(H,23,25,26). The lowest BCUT2D eigenvalue weighted by atomic mass is 9.92. The molecule has 0 fully saturated rings. The van der Waals surface area contributed by atoms with Crippen LogP contribution in [-0.2, 0) is 12.8 Å². The van der Waals surface area contributed by atoms with Crippen LogP contribution in [0, 0.1) is 12.7 Å². The van der Waals surface area contributed by atoms with Crippen LogP contribution in [-0.4, -0.2) is 47.9 Å². The highest BCUT2D eigenvalue weighted by Gasteiger charge is 2.27. The van der Waals surface area contributed by atoms with Crippen LogP contribution >= 0.6 is 0 Å². The molecule has 0 spiro atoms. The number of anilines is 1. The predicted molar refractivity (Wildman–Crippen MR) is 106 cm³/mol. The Hall–Kier alpha value is -2.51. The number of hydrogen-bond acceptors (Lipinski definition) is 6. The molecule has 4 rings (SSSR count). The van der Waals surface area contributed by atoms with Gasteiger partial charge in [-0.3, -0.25) is 0 Å². The van der Waals surface area contributed by atoms with E-state index in [1.54, 1.807) is 7.05 Å². The Morgan fingerprint density at radius 2 is 2.21 bits per heavy atom. The van der Waals surface area contributed by atoms with E-state index in [1.807, 2.05) is 25.1 Å². The lowest BCUT2D eigenvalue weighted by molar-refractivity contribution is 0.180. The van der Waals surface area contributed by atoms with Gasteiger partial charge < -0.3 is 20.5 Å². The minimum absolute atomic E-state index is 0.302. The maximum atomic E-state index is 15.6. The quantitative estimate of drug-likeness (QED) is 0.750. The van der Waals surface area contributed by atoms with E-state index in [9.17, 15) is 5.11 Å². The van der Waals surface area contributed by atoms with Crippen molar-refractivity contribution in [2.75, 3.05) is 32.1 Å². The number of halogens is 1. The first kappa shape index (κ1) is 18.8. The number of nitrogens with one attached hydrogen (secondary N) is 2. The van der Waals surface area contributed by atoms with E-state index in [1.165, 1.54) is 0 Å². The average Bonchev–Trinajstić information content (AvgIpc) is 3.01. The van der Waals surface area contributed by atoms with Crippen LogP contribution in [0.3, 0.4) is 0 Å². The summed E-state index contributed by atoms with van der Waals surface area (Å²) in [5.74, 6) is 1.60. The highest BCUT2D eigenvalue weighted by molar-refractivity contribution is 5.74. The molecule has 1 aromatic carbocycles. The molecule has 148 valence electrons. The molecule has 0 radical (unpaired) electrons. The first-order valence-electron chi connectivity index (χ1n) is 9.62. The van der Waals surface area contributed by atoms with Crippen molar-refractivity contribution in [3.63, 3.8) is 0 Å². The summed E-state index contributed by atoms with van der Waals surface area (Å²) in [5.41, 5.74) is 3.66. The zero-order chi connectivity index (χ0) is 19.7. The molecule has 28 heavy (non-hydrogen) atoms. The number of aliphatic hydroxyl groups is 1. The maximum absolute atomic E-state index is 15.6. The first-order valence-corrected chi connectivity index (χ1v) is 9.62. The third kappa shape index (κ3) is 3.72. The second-order valence-electron chi connectivity index (χ2n) is 7.29. The third-order valence-corrected chi connectivity index (χ3v) is 5.14. The molecule has 1 unspecified atom stereocenters. The molecule has 0 saturated carbocycles. The number of β-amino-alcohol motifs (C(OH)–C–C–N with tert-alkyl or cyclic N) is 1. The molecule has 7 heteroatoms. The number of fused-ring (bicyclic) bond motifs is 1. The summed E-state index contributed by atoms with van der Waals surface area (Å²) in [6.07, 6.45) is 2.85.